The first-order chi connectivity index (χ1) is 5.31. The molecule has 0 aromatic carbocycles. The SMILES string of the molecule is CO[SiH2]OC.O=C1C=CCO1. The van der Waals surface area contributed by atoms with Crippen molar-refractivity contribution in [3.05, 3.63) is 12.2 Å². The zero-order valence-electron chi connectivity index (χ0n) is 6.70. The summed E-state index contributed by atoms with van der Waals surface area (Å²) in [5.41, 5.74) is 0. The van der Waals surface area contributed by atoms with Gasteiger partial charge in [-0.25, -0.2) is 4.79 Å². The van der Waals surface area contributed by atoms with Crippen molar-refractivity contribution in [1.29, 1.82) is 0 Å². The second-order valence-electron chi connectivity index (χ2n) is 1.73. The highest BCUT2D eigenvalue weighted by Crippen LogP contribution is 1.89. The summed E-state index contributed by atoms with van der Waals surface area (Å²) >= 11 is 0. The van der Waals surface area contributed by atoms with Crippen LogP contribution < -0.4 is 0 Å². The number of esters is 1. The van der Waals surface area contributed by atoms with Crippen LogP contribution in [-0.2, 0) is 18.4 Å². The Morgan fingerprint density at radius 3 is 2.27 bits per heavy atom. The molecule has 0 spiro atoms. The molecule has 0 atom stereocenters. The van der Waals surface area contributed by atoms with E-state index in [0.29, 0.717) is 6.61 Å². The van der Waals surface area contributed by atoms with Crippen LogP contribution in [0.15, 0.2) is 12.2 Å². The van der Waals surface area contributed by atoms with Gasteiger partial charge < -0.3 is 13.6 Å². The molecule has 0 amide bonds. The van der Waals surface area contributed by atoms with Crippen LogP contribution in [0.1, 0.15) is 0 Å². The minimum atomic E-state index is -0.568. The molecule has 5 heteroatoms. The highest BCUT2D eigenvalue weighted by molar-refractivity contribution is 6.17. The smallest absolute Gasteiger partial charge is 0.330 e. The van der Waals surface area contributed by atoms with E-state index in [4.69, 9.17) is 0 Å². The van der Waals surface area contributed by atoms with Gasteiger partial charge in [-0.3, -0.25) is 0 Å². The average Bonchev–Trinajstić information content (AvgIpc) is 2.43. The van der Waals surface area contributed by atoms with Crippen LogP contribution in [0.2, 0.25) is 0 Å². The molecule has 0 aromatic heterocycles. The molecule has 4 nitrogen and oxygen atoms in total. The van der Waals surface area contributed by atoms with E-state index in [0.717, 1.165) is 0 Å². The Labute approximate surface area is 68.2 Å². The number of hydrogen-bond donors (Lipinski definition) is 0. The molecule has 0 aromatic rings. The fourth-order valence-electron chi connectivity index (χ4n) is 0.441. The lowest BCUT2D eigenvalue weighted by atomic mass is 10.6. The van der Waals surface area contributed by atoms with E-state index in [1.165, 1.54) is 6.08 Å². The van der Waals surface area contributed by atoms with Crippen LogP contribution in [0.25, 0.3) is 0 Å². The maximum Gasteiger partial charge on any atom is 0.330 e. The lowest BCUT2D eigenvalue weighted by Gasteiger charge is -1.86. The van der Waals surface area contributed by atoms with Gasteiger partial charge in [0.15, 0.2) is 0 Å². The van der Waals surface area contributed by atoms with Crippen molar-refractivity contribution >= 4 is 16.0 Å². The molecule has 0 fully saturated rings. The second-order valence-corrected chi connectivity index (χ2v) is 3.12. The van der Waals surface area contributed by atoms with Crippen molar-refractivity contribution in [2.45, 2.75) is 0 Å². The molecule has 64 valence electrons. The van der Waals surface area contributed by atoms with Crippen molar-refractivity contribution in [3.63, 3.8) is 0 Å². The van der Waals surface area contributed by atoms with E-state index < -0.39 is 10.0 Å². The largest absolute Gasteiger partial charge is 0.458 e. The van der Waals surface area contributed by atoms with E-state index in [9.17, 15) is 4.79 Å². The maximum atomic E-state index is 9.93. The molecule has 0 saturated carbocycles. The van der Waals surface area contributed by atoms with Crippen LogP contribution in [0, 0.1) is 0 Å². The lowest BCUT2D eigenvalue weighted by molar-refractivity contribution is -0.134. The van der Waals surface area contributed by atoms with Gasteiger partial charge in [0.05, 0.1) is 0 Å². The third kappa shape index (κ3) is 7.24. The highest BCUT2D eigenvalue weighted by atomic mass is 28.3. The van der Waals surface area contributed by atoms with Crippen molar-refractivity contribution < 1.29 is 18.4 Å². The Bertz CT molecular complexity index is 133. The Hall–Kier alpha value is -0.653. The van der Waals surface area contributed by atoms with Crippen molar-refractivity contribution in [2.24, 2.45) is 0 Å². The molecular weight excluding hydrogens is 164 g/mol. The first kappa shape index (κ1) is 10.3. The third-order valence-corrected chi connectivity index (χ3v) is 1.28. The number of cyclic esters (lactones) is 1. The molecule has 1 aliphatic heterocycles. The number of carbonyl (C=O) groups is 1. The summed E-state index contributed by atoms with van der Waals surface area (Å²) in [6.45, 7) is 0.457. The fraction of sp³-hybridized carbons (Fsp3) is 0.500. The first-order valence-electron chi connectivity index (χ1n) is 3.12. The molecule has 0 unspecified atom stereocenters. The van der Waals surface area contributed by atoms with Gasteiger partial charge in [-0.1, -0.05) is 0 Å². The maximum absolute atomic E-state index is 9.93. The van der Waals surface area contributed by atoms with E-state index >= 15 is 0 Å². The predicted octanol–water partition coefficient (Wildman–Crippen LogP) is -0.623. The Balaban J connectivity index is 0.000000187. The lowest BCUT2D eigenvalue weighted by Crippen LogP contribution is -1.93. The van der Waals surface area contributed by atoms with Gasteiger partial charge in [0, 0.05) is 20.3 Å². The van der Waals surface area contributed by atoms with Gasteiger partial charge in [-0.05, 0) is 6.08 Å². The zero-order chi connectivity index (χ0) is 8.53. The van der Waals surface area contributed by atoms with Gasteiger partial charge in [0.1, 0.15) is 6.61 Å². The minimum absolute atomic E-state index is 0.227. The van der Waals surface area contributed by atoms with Crippen LogP contribution >= 0.6 is 0 Å². The van der Waals surface area contributed by atoms with Crippen LogP contribution in [-0.4, -0.2) is 36.8 Å². The third-order valence-electron chi connectivity index (χ3n) is 0.811. The van der Waals surface area contributed by atoms with E-state index in [1.807, 2.05) is 0 Å². The molecule has 11 heavy (non-hydrogen) atoms. The number of carbonyl (C=O) groups excluding carboxylic acids is 1. The summed E-state index contributed by atoms with van der Waals surface area (Å²) in [4.78, 5) is 9.93. The fourth-order valence-corrected chi connectivity index (χ4v) is 0.676. The standard InChI is InChI=1S/C4H4O2.C2H8O2Si/c5-4-2-1-3-6-4;1-3-5-4-2/h1-2H,3H2;5H2,1-2H3. The molecule has 0 bridgehead atoms. The van der Waals surface area contributed by atoms with Gasteiger partial charge >= 0.3 is 16.0 Å². The monoisotopic (exact) mass is 176 g/mol. The number of rotatable bonds is 2. The Morgan fingerprint density at radius 2 is 2.18 bits per heavy atom. The van der Waals surface area contributed by atoms with Gasteiger partial charge in [0.2, 0.25) is 0 Å². The molecule has 0 N–H and O–H groups in total. The molecular formula is C6H12O4Si. The Morgan fingerprint density at radius 1 is 1.55 bits per heavy atom. The molecule has 1 heterocycles. The topological polar surface area (TPSA) is 44.8 Å². The van der Waals surface area contributed by atoms with E-state index in [-0.39, 0.29) is 5.97 Å². The average molecular weight is 176 g/mol. The zero-order valence-corrected chi connectivity index (χ0v) is 8.12. The first-order valence-corrected chi connectivity index (χ1v) is 4.28. The molecule has 0 aliphatic carbocycles. The summed E-state index contributed by atoms with van der Waals surface area (Å²) in [6, 6.07) is 0. The minimum Gasteiger partial charge on any atom is -0.458 e. The van der Waals surface area contributed by atoms with E-state index in [1.54, 1.807) is 20.3 Å². The second kappa shape index (κ2) is 7.45. The normalized spacial score (nSPS) is 13.8. The quantitative estimate of drug-likeness (QED) is 0.415. The summed E-state index contributed by atoms with van der Waals surface area (Å²) < 4.78 is 13.6. The summed E-state index contributed by atoms with van der Waals surface area (Å²) in [6.07, 6.45) is 3.10. The van der Waals surface area contributed by atoms with Gasteiger partial charge in [0.25, 0.3) is 0 Å². The molecule has 0 saturated heterocycles. The summed E-state index contributed by atoms with van der Waals surface area (Å²) in [5, 5.41) is 0. The highest BCUT2D eigenvalue weighted by Gasteiger charge is 1.98. The van der Waals surface area contributed by atoms with Gasteiger partial charge in [-0.2, -0.15) is 0 Å². The van der Waals surface area contributed by atoms with Crippen LogP contribution in [0.4, 0.5) is 0 Å². The van der Waals surface area contributed by atoms with Crippen LogP contribution in [0.3, 0.4) is 0 Å². The Kier molecular flexibility index (Phi) is 7.01. The summed E-state index contributed by atoms with van der Waals surface area (Å²) in [5.74, 6) is -0.227. The summed E-state index contributed by atoms with van der Waals surface area (Å²) in [7, 11) is 2.73. The molecule has 1 rings (SSSR count). The van der Waals surface area contributed by atoms with Crippen LogP contribution in [0.5, 0.6) is 0 Å². The molecule has 1 aliphatic rings. The van der Waals surface area contributed by atoms with E-state index in [2.05, 4.69) is 13.6 Å². The van der Waals surface area contributed by atoms with Crippen molar-refractivity contribution in [2.75, 3.05) is 20.8 Å². The number of ether oxygens (including phenoxy) is 1. The van der Waals surface area contributed by atoms with Crippen molar-refractivity contribution in [3.8, 4) is 0 Å². The number of hydrogen-bond acceptors (Lipinski definition) is 4. The van der Waals surface area contributed by atoms with Gasteiger partial charge in [-0.15, -0.1) is 0 Å². The molecule has 0 radical (unpaired) electrons. The van der Waals surface area contributed by atoms with Crippen molar-refractivity contribution in [1.82, 2.24) is 0 Å². The predicted molar refractivity (Wildman–Crippen MR) is 42.7 cm³/mol.